The lowest BCUT2D eigenvalue weighted by Gasteiger charge is -2.25. The number of benzene rings is 1. The molecule has 1 aromatic carbocycles. The van der Waals surface area contributed by atoms with Crippen LogP contribution < -0.4 is 0 Å². The Morgan fingerprint density at radius 1 is 1.33 bits per heavy atom. The van der Waals surface area contributed by atoms with Crippen molar-refractivity contribution in [2.45, 2.75) is 32.7 Å². The molecule has 110 valence electrons. The summed E-state index contributed by atoms with van der Waals surface area (Å²) in [5.41, 5.74) is 2.37. The smallest absolute Gasteiger partial charge is 0.259 e. The minimum atomic E-state index is 0.00343. The summed E-state index contributed by atoms with van der Waals surface area (Å²) < 4.78 is 5.12. The van der Waals surface area contributed by atoms with Crippen LogP contribution in [0.25, 0.3) is 0 Å². The molecule has 0 spiro atoms. The van der Waals surface area contributed by atoms with Crippen molar-refractivity contribution in [1.29, 1.82) is 0 Å². The number of aromatic nitrogens is 1. The molecule has 1 fully saturated rings. The predicted molar refractivity (Wildman–Crippen MR) is 80.4 cm³/mol. The average Bonchev–Trinajstić information content (AvgIpc) is 3.07. The molecule has 1 aliphatic rings. The van der Waals surface area contributed by atoms with Crippen LogP contribution in [-0.4, -0.2) is 22.5 Å². The van der Waals surface area contributed by atoms with Crippen LogP contribution >= 0.6 is 11.6 Å². The van der Waals surface area contributed by atoms with E-state index in [4.69, 9.17) is 16.1 Å². The van der Waals surface area contributed by atoms with Crippen LogP contribution in [0.2, 0.25) is 5.02 Å². The number of nitrogens with zero attached hydrogens (tertiary/aromatic N) is 2. The van der Waals surface area contributed by atoms with Gasteiger partial charge in [0.2, 0.25) is 0 Å². The van der Waals surface area contributed by atoms with Crippen molar-refractivity contribution in [1.82, 2.24) is 10.1 Å². The van der Waals surface area contributed by atoms with Crippen molar-refractivity contribution in [2.24, 2.45) is 0 Å². The number of halogens is 1. The highest BCUT2D eigenvalue weighted by atomic mass is 35.5. The van der Waals surface area contributed by atoms with Gasteiger partial charge in [0.15, 0.2) is 0 Å². The first kappa shape index (κ1) is 14.1. The Labute approximate surface area is 128 Å². The van der Waals surface area contributed by atoms with E-state index in [9.17, 15) is 4.79 Å². The molecule has 0 bridgehead atoms. The van der Waals surface area contributed by atoms with Crippen molar-refractivity contribution in [3.8, 4) is 0 Å². The molecule has 1 amide bonds. The third kappa shape index (κ3) is 2.56. The molecule has 3 rings (SSSR count). The summed E-state index contributed by atoms with van der Waals surface area (Å²) in [5, 5.41) is 4.59. The second-order valence-electron chi connectivity index (χ2n) is 5.41. The molecule has 1 saturated heterocycles. The number of aryl methyl sites for hydroxylation is 2. The zero-order valence-corrected chi connectivity index (χ0v) is 12.9. The highest BCUT2D eigenvalue weighted by molar-refractivity contribution is 6.30. The molecule has 2 heterocycles. The molecule has 1 atom stereocenters. The molecule has 5 heteroatoms. The van der Waals surface area contributed by atoms with E-state index in [-0.39, 0.29) is 11.9 Å². The van der Waals surface area contributed by atoms with Gasteiger partial charge in [0, 0.05) is 11.6 Å². The van der Waals surface area contributed by atoms with Gasteiger partial charge < -0.3 is 9.42 Å². The Kier molecular flexibility index (Phi) is 3.72. The van der Waals surface area contributed by atoms with E-state index < -0.39 is 0 Å². The van der Waals surface area contributed by atoms with Gasteiger partial charge in [-0.05, 0) is 44.4 Å². The Morgan fingerprint density at radius 2 is 2.05 bits per heavy atom. The second kappa shape index (κ2) is 5.53. The van der Waals surface area contributed by atoms with Crippen LogP contribution in [0.3, 0.4) is 0 Å². The molecule has 1 aromatic heterocycles. The summed E-state index contributed by atoms with van der Waals surface area (Å²) in [5.74, 6) is 0.586. The normalized spacial score (nSPS) is 18.2. The van der Waals surface area contributed by atoms with Crippen molar-refractivity contribution in [3.05, 3.63) is 51.9 Å². The largest absolute Gasteiger partial charge is 0.361 e. The maximum absolute atomic E-state index is 12.8. The summed E-state index contributed by atoms with van der Waals surface area (Å²) in [6.45, 7) is 4.34. The molecule has 21 heavy (non-hydrogen) atoms. The number of carbonyl (C=O) groups excluding carboxylic acids is 1. The van der Waals surface area contributed by atoms with Gasteiger partial charge in [0.05, 0.1) is 11.7 Å². The molecule has 2 aromatic rings. The van der Waals surface area contributed by atoms with E-state index in [2.05, 4.69) is 5.16 Å². The van der Waals surface area contributed by atoms with Gasteiger partial charge in [0.25, 0.3) is 5.91 Å². The fraction of sp³-hybridized carbons (Fsp3) is 0.375. The number of hydrogen-bond acceptors (Lipinski definition) is 3. The number of likely N-dealkylation sites (tertiary alicyclic amines) is 1. The van der Waals surface area contributed by atoms with Gasteiger partial charge in [-0.25, -0.2) is 0 Å². The number of carbonyl (C=O) groups is 1. The van der Waals surface area contributed by atoms with Gasteiger partial charge in [-0.15, -0.1) is 0 Å². The quantitative estimate of drug-likeness (QED) is 0.844. The minimum absolute atomic E-state index is 0.00343. The van der Waals surface area contributed by atoms with Crippen molar-refractivity contribution >= 4 is 17.5 Å². The number of rotatable bonds is 2. The Morgan fingerprint density at radius 3 is 2.67 bits per heavy atom. The third-order valence-electron chi connectivity index (χ3n) is 4.02. The summed E-state index contributed by atoms with van der Waals surface area (Å²) in [7, 11) is 0. The molecule has 1 aliphatic heterocycles. The van der Waals surface area contributed by atoms with Crippen LogP contribution in [0.1, 0.15) is 46.3 Å². The van der Waals surface area contributed by atoms with E-state index in [0.29, 0.717) is 22.0 Å². The Hall–Kier alpha value is -1.81. The number of amides is 1. The molecular weight excluding hydrogens is 288 g/mol. The molecule has 0 unspecified atom stereocenters. The first-order valence-corrected chi connectivity index (χ1v) is 7.45. The maximum Gasteiger partial charge on any atom is 0.259 e. The van der Waals surface area contributed by atoms with E-state index in [1.807, 2.05) is 29.2 Å². The topological polar surface area (TPSA) is 46.3 Å². The summed E-state index contributed by atoms with van der Waals surface area (Å²) in [6, 6.07) is 7.82. The first-order chi connectivity index (χ1) is 10.1. The maximum atomic E-state index is 12.8. The van der Waals surface area contributed by atoms with Gasteiger partial charge in [-0.1, -0.05) is 28.9 Å². The van der Waals surface area contributed by atoms with Crippen molar-refractivity contribution in [3.63, 3.8) is 0 Å². The van der Waals surface area contributed by atoms with Crippen LogP contribution in [0.15, 0.2) is 28.8 Å². The second-order valence-corrected chi connectivity index (χ2v) is 5.84. The van der Waals surface area contributed by atoms with Crippen molar-refractivity contribution < 1.29 is 9.32 Å². The lowest BCUT2D eigenvalue weighted by Crippen LogP contribution is -2.31. The third-order valence-corrected chi connectivity index (χ3v) is 4.27. The molecular formula is C16H17ClN2O2. The Bertz CT molecular complexity index is 644. The molecule has 0 N–H and O–H groups in total. The van der Waals surface area contributed by atoms with Crippen LogP contribution in [0, 0.1) is 13.8 Å². The highest BCUT2D eigenvalue weighted by Crippen LogP contribution is 2.34. The molecule has 4 nitrogen and oxygen atoms in total. The van der Waals surface area contributed by atoms with Gasteiger partial charge in [0.1, 0.15) is 11.3 Å². The SMILES string of the molecule is Cc1noc(C)c1C(=O)N1CCC[C@H]1c1ccc(Cl)cc1. The highest BCUT2D eigenvalue weighted by Gasteiger charge is 2.33. The molecule has 0 saturated carbocycles. The number of hydrogen-bond donors (Lipinski definition) is 0. The van der Waals surface area contributed by atoms with Crippen LogP contribution in [0.5, 0.6) is 0 Å². The van der Waals surface area contributed by atoms with E-state index in [1.165, 1.54) is 0 Å². The summed E-state index contributed by atoms with van der Waals surface area (Å²) in [4.78, 5) is 14.7. The van der Waals surface area contributed by atoms with Crippen LogP contribution in [-0.2, 0) is 0 Å². The fourth-order valence-electron chi connectivity index (χ4n) is 2.97. The Balaban J connectivity index is 1.90. The van der Waals surface area contributed by atoms with Gasteiger partial charge in [-0.3, -0.25) is 4.79 Å². The lowest BCUT2D eigenvalue weighted by molar-refractivity contribution is 0.0733. The zero-order valence-electron chi connectivity index (χ0n) is 12.1. The van der Waals surface area contributed by atoms with E-state index >= 15 is 0 Å². The summed E-state index contributed by atoms with van der Waals surface area (Å²) in [6.07, 6.45) is 1.97. The molecule has 0 aliphatic carbocycles. The van der Waals surface area contributed by atoms with Crippen molar-refractivity contribution in [2.75, 3.05) is 6.54 Å². The monoisotopic (exact) mass is 304 g/mol. The minimum Gasteiger partial charge on any atom is -0.361 e. The van der Waals surface area contributed by atoms with E-state index in [0.717, 1.165) is 24.9 Å². The van der Waals surface area contributed by atoms with E-state index in [1.54, 1.807) is 13.8 Å². The average molecular weight is 305 g/mol. The molecule has 0 radical (unpaired) electrons. The summed E-state index contributed by atoms with van der Waals surface area (Å²) >= 11 is 5.94. The predicted octanol–water partition coefficient (Wildman–Crippen LogP) is 3.92. The van der Waals surface area contributed by atoms with Gasteiger partial charge in [-0.2, -0.15) is 0 Å². The first-order valence-electron chi connectivity index (χ1n) is 7.07. The van der Waals surface area contributed by atoms with Gasteiger partial charge >= 0.3 is 0 Å². The fourth-order valence-corrected chi connectivity index (χ4v) is 3.10. The zero-order chi connectivity index (χ0) is 15.0. The van der Waals surface area contributed by atoms with Crippen LogP contribution in [0.4, 0.5) is 0 Å². The lowest BCUT2D eigenvalue weighted by atomic mass is 10.0. The standard InChI is InChI=1S/C16H17ClN2O2/c1-10-15(11(2)21-18-10)16(20)19-9-3-4-14(19)12-5-7-13(17)8-6-12/h5-8,14H,3-4,9H2,1-2H3/t14-/m0/s1.